The standard InChI is InChI=1S/C22H28N4O4/c1-29-17-7-5-16(6-8-17)14-21(27)26-9-3-2-4-20(26)18-15-19(24-23-18)22(28)25-10-12-30-13-11-25/h5-8,15,20H,2-4,9-14H2,1H3,(H,23,24)/t20-/m0/s1. The van der Waals surface area contributed by atoms with Crippen LogP contribution in [0.15, 0.2) is 30.3 Å². The molecule has 3 heterocycles. The fraction of sp³-hybridized carbons (Fsp3) is 0.500. The van der Waals surface area contributed by atoms with E-state index in [1.165, 1.54) is 0 Å². The molecule has 1 atom stereocenters. The molecule has 4 rings (SSSR count). The lowest BCUT2D eigenvalue weighted by atomic mass is 9.98. The Labute approximate surface area is 176 Å². The summed E-state index contributed by atoms with van der Waals surface area (Å²) in [5.41, 5.74) is 2.19. The Balaban J connectivity index is 1.46. The van der Waals surface area contributed by atoms with Crippen molar-refractivity contribution in [3.8, 4) is 5.75 Å². The molecule has 0 spiro atoms. The number of carbonyl (C=O) groups excluding carboxylic acids is 2. The van der Waals surface area contributed by atoms with E-state index >= 15 is 0 Å². The van der Waals surface area contributed by atoms with Crippen LogP contribution in [0.3, 0.4) is 0 Å². The molecular weight excluding hydrogens is 384 g/mol. The minimum Gasteiger partial charge on any atom is -0.497 e. The molecule has 0 aliphatic carbocycles. The number of aromatic nitrogens is 2. The Morgan fingerprint density at radius 1 is 1.17 bits per heavy atom. The molecule has 0 radical (unpaired) electrons. The zero-order valence-electron chi connectivity index (χ0n) is 17.3. The number of benzene rings is 1. The second kappa shape index (κ2) is 9.30. The Morgan fingerprint density at radius 3 is 2.67 bits per heavy atom. The maximum Gasteiger partial charge on any atom is 0.274 e. The van der Waals surface area contributed by atoms with Gasteiger partial charge in [-0.3, -0.25) is 14.7 Å². The number of rotatable bonds is 5. The largest absolute Gasteiger partial charge is 0.497 e. The molecule has 2 aliphatic rings. The van der Waals surface area contributed by atoms with Crippen molar-refractivity contribution in [1.29, 1.82) is 0 Å². The summed E-state index contributed by atoms with van der Waals surface area (Å²) >= 11 is 0. The monoisotopic (exact) mass is 412 g/mol. The summed E-state index contributed by atoms with van der Waals surface area (Å²) in [5.74, 6) is 0.769. The third-order valence-corrected chi connectivity index (χ3v) is 5.81. The van der Waals surface area contributed by atoms with Gasteiger partial charge in [0.1, 0.15) is 11.4 Å². The number of methoxy groups -OCH3 is 1. The molecule has 1 aromatic carbocycles. The summed E-state index contributed by atoms with van der Waals surface area (Å²) in [6.45, 7) is 2.98. The van der Waals surface area contributed by atoms with Gasteiger partial charge in [0.25, 0.3) is 5.91 Å². The fourth-order valence-electron chi connectivity index (χ4n) is 4.12. The van der Waals surface area contributed by atoms with E-state index in [0.717, 1.165) is 36.3 Å². The van der Waals surface area contributed by atoms with Crippen LogP contribution < -0.4 is 4.74 Å². The van der Waals surface area contributed by atoms with Gasteiger partial charge in [-0.15, -0.1) is 0 Å². The normalized spacial score (nSPS) is 19.6. The molecular formula is C22H28N4O4. The SMILES string of the molecule is COc1ccc(CC(=O)N2CCCC[C@H]2c2cc(C(=O)N3CCOCC3)n[nH]2)cc1. The third-order valence-electron chi connectivity index (χ3n) is 5.81. The van der Waals surface area contributed by atoms with Crippen molar-refractivity contribution in [2.45, 2.75) is 31.7 Å². The highest BCUT2D eigenvalue weighted by Gasteiger charge is 2.30. The molecule has 2 saturated heterocycles. The summed E-state index contributed by atoms with van der Waals surface area (Å²) in [7, 11) is 1.63. The Kier molecular flexibility index (Phi) is 6.32. The number of nitrogens with one attached hydrogen (secondary N) is 1. The van der Waals surface area contributed by atoms with Gasteiger partial charge in [0, 0.05) is 19.6 Å². The maximum absolute atomic E-state index is 13.1. The van der Waals surface area contributed by atoms with E-state index in [9.17, 15) is 9.59 Å². The van der Waals surface area contributed by atoms with Crippen LogP contribution in [0.1, 0.15) is 47.1 Å². The van der Waals surface area contributed by atoms with Gasteiger partial charge in [0.2, 0.25) is 5.91 Å². The van der Waals surface area contributed by atoms with E-state index in [4.69, 9.17) is 9.47 Å². The van der Waals surface area contributed by atoms with Gasteiger partial charge in [-0.05, 0) is 43.0 Å². The predicted molar refractivity (Wildman–Crippen MR) is 110 cm³/mol. The average molecular weight is 412 g/mol. The van der Waals surface area contributed by atoms with Crippen LogP contribution >= 0.6 is 0 Å². The van der Waals surface area contributed by atoms with Crippen LogP contribution in [0.25, 0.3) is 0 Å². The zero-order valence-corrected chi connectivity index (χ0v) is 17.3. The topological polar surface area (TPSA) is 87.8 Å². The Morgan fingerprint density at radius 2 is 1.93 bits per heavy atom. The first-order chi connectivity index (χ1) is 14.7. The Bertz CT molecular complexity index is 874. The van der Waals surface area contributed by atoms with E-state index in [-0.39, 0.29) is 17.9 Å². The maximum atomic E-state index is 13.1. The second-order valence-electron chi connectivity index (χ2n) is 7.74. The average Bonchev–Trinajstić information content (AvgIpc) is 3.30. The van der Waals surface area contributed by atoms with Crippen molar-refractivity contribution in [2.75, 3.05) is 40.0 Å². The molecule has 8 nitrogen and oxygen atoms in total. The first kappa shape index (κ1) is 20.4. The van der Waals surface area contributed by atoms with Crippen LogP contribution in [0.2, 0.25) is 0 Å². The number of morpholine rings is 1. The minimum atomic E-state index is -0.0901. The van der Waals surface area contributed by atoms with Gasteiger partial charge < -0.3 is 19.3 Å². The molecule has 2 aromatic rings. The molecule has 2 amide bonds. The van der Waals surface area contributed by atoms with Gasteiger partial charge >= 0.3 is 0 Å². The Hall–Kier alpha value is -2.87. The number of carbonyl (C=O) groups is 2. The fourth-order valence-corrected chi connectivity index (χ4v) is 4.12. The number of hydrogen-bond acceptors (Lipinski definition) is 5. The van der Waals surface area contributed by atoms with Crippen molar-refractivity contribution in [1.82, 2.24) is 20.0 Å². The molecule has 30 heavy (non-hydrogen) atoms. The van der Waals surface area contributed by atoms with Crippen LogP contribution in [0, 0.1) is 0 Å². The molecule has 2 aliphatic heterocycles. The second-order valence-corrected chi connectivity index (χ2v) is 7.74. The number of H-pyrrole nitrogens is 1. The summed E-state index contributed by atoms with van der Waals surface area (Å²) < 4.78 is 10.5. The zero-order chi connectivity index (χ0) is 20.9. The number of hydrogen-bond donors (Lipinski definition) is 1. The van der Waals surface area contributed by atoms with Crippen LogP contribution in [-0.4, -0.2) is 71.8 Å². The first-order valence-electron chi connectivity index (χ1n) is 10.5. The van der Waals surface area contributed by atoms with Crippen LogP contribution in [0.4, 0.5) is 0 Å². The number of amides is 2. The smallest absolute Gasteiger partial charge is 0.274 e. The first-order valence-corrected chi connectivity index (χ1v) is 10.5. The van der Waals surface area contributed by atoms with Gasteiger partial charge in [-0.25, -0.2) is 0 Å². The summed E-state index contributed by atoms with van der Waals surface area (Å²) in [6.07, 6.45) is 3.23. The summed E-state index contributed by atoms with van der Waals surface area (Å²) in [5, 5.41) is 7.27. The number of aromatic amines is 1. The van der Waals surface area contributed by atoms with Crippen molar-refractivity contribution >= 4 is 11.8 Å². The van der Waals surface area contributed by atoms with Gasteiger partial charge in [0.05, 0.1) is 38.5 Å². The molecule has 0 bridgehead atoms. The van der Waals surface area contributed by atoms with Crippen molar-refractivity contribution < 1.29 is 19.1 Å². The molecule has 1 aromatic heterocycles. The van der Waals surface area contributed by atoms with Crippen molar-refractivity contribution in [3.05, 3.63) is 47.3 Å². The molecule has 1 N–H and O–H groups in total. The van der Waals surface area contributed by atoms with E-state index in [1.807, 2.05) is 29.2 Å². The van der Waals surface area contributed by atoms with Gasteiger partial charge in [-0.1, -0.05) is 12.1 Å². The van der Waals surface area contributed by atoms with Crippen LogP contribution in [-0.2, 0) is 16.0 Å². The summed E-state index contributed by atoms with van der Waals surface area (Å²) in [6, 6.07) is 9.31. The molecule has 0 unspecified atom stereocenters. The lowest BCUT2D eigenvalue weighted by Gasteiger charge is -2.35. The van der Waals surface area contributed by atoms with E-state index < -0.39 is 0 Å². The third kappa shape index (κ3) is 4.48. The molecule has 0 saturated carbocycles. The number of piperidine rings is 1. The molecule has 160 valence electrons. The lowest BCUT2D eigenvalue weighted by Crippen LogP contribution is -2.41. The quantitative estimate of drug-likeness (QED) is 0.813. The van der Waals surface area contributed by atoms with Crippen molar-refractivity contribution in [3.63, 3.8) is 0 Å². The minimum absolute atomic E-state index is 0.0803. The number of likely N-dealkylation sites (tertiary alicyclic amines) is 1. The molecule has 2 fully saturated rings. The van der Waals surface area contributed by atoms with E-state index in [0.29, 0.717) is 45.0 Å². The van der Waals surface area contributed by atoms with Gasteiger partial charge in [0.15, 0.2) is 0 Å². The predicted octanol–water partition coefficient (Wildman–Crippen LogP) is 2.19. The number of nitrogens with zero attached hydrogens (tertiary/aromatic N) is 3. The highest BCUT2D eigenvalue weighted by Crippen LogP contribution is 2.31. The van der Waals surface area contributed by atoms with Crippen LogP contribution in [0.5, 0.6) is 5.75 Å². The van der Waals surface area contributed by atoms with Gasteiger partial charge in [-0.2, -0.15) is 5.10 Å². The highest BCUT2D eigenvalue weighted by atomic mass is 16.5. The summed E-state index contributed by atoms with van der Waals surface area (Å²) in [4.78, 5) is 29.4. The number of ether oxygens (including phenoxy) is 2. The van der Waals surface area contributed by atoms with Crippen molar-refractivity contribution in [2.24, 2.45) is 0 Å². The highest BCUT2D eigenvalue weighted by molar-refractivity contribution is 5.92. The molecule has 8 heteroatoms. The lowest BCUT2D eigenvalue weighted by molar-refractivity contribution is -0.134. The van der Waals surface area contributed by atoms with E-state index in [2.05, 4.69) is 10.2 Å². The van der Waals surface area contributed by atoms with E-state index in [1.54, 1.807) is 18.1 Å².